The van der Waals surface area contributed by atoms with Crippen molar-refractivity contribution in [1.29, 1.82) is 0 Å². The number of ether oxygens (including phenoxy) is 1. The second-order valence-electron chi connectivity index (χ2n) is 6.02. The van der Waals surface area contributed by atoms with Gasteiger partial charge in [-0.15, -0.1) is 6.58 Å². The molecule has 0 amide bonds. The van der Waals surface area contributed by atoms with E-state index in [4.69, 9.17) is 4.74 Å². The predicted octanol–water partition coefficient (Wildman–Crippen LogP) is 4.19. The number of nitrogens with zero attached hydrogens (tertiary/aromatic N) is 2. The molecule has 1 aliphatic rings. The zero-order valence-corrected chi connectivity index (χ0v) is 14.3. The van der Waals surface area contributed by atoms with Gasteiger partial charge in [-0.1, -0.05) is 26.3 Å². The highest BCUT2D eigenvalue weighted by atomic mass is 16.5. The van der Waals surface area contributed by atoms with Crippen molar-refractivity contribution in [3.63, 3.8) is 0 Å². The van der Waals surface area contributed by atoms with Gasteiger partial charge in [-0.3, -0.25) is 9.89 Å². The molecule has 1 atom stereocenters. The Balaban J connectivity index is 3.11. The van der Waals surface area contributed by atoms with Crippen molar-refractivity contribution in [2.24, 2.45) is 10.9 Å². The van der Waals surface area contributed by atoms with Crippen LogP contribution in [-0.2, 0) is 4.74 Å². The largest absolute Gasteiger partial charge is 0.495 e. The van der Waals surface area contributed by atoms with Crippen LogP contribution in [0.2, 0.25) is 0 Å². The van der Waals surface area contributed by atoms with E-state index in [0.29, 0.717) is 5.92 Å². The number of hydrogen-bond donors (Lipinski definition) is 0. The SMILES string of the molecule is C=CCN(C)CC1=C(CC(C)CC)C(OC)=CN=C(C)C1. The first-order chi connectivity index (χ1) is 10.0. The molecule has 0 N–H and O–H groups in total. The van der Waals surface area contributed by atoms with E-state index in [1.807, 2.05) is 12.3 Å². The van der Waals surface area contributed by atoms with Crippen molar-refractivity contribution < 1.29 is 4.74 Å². The molecule has 1 heterocycles. The number of allylic oxidation sites excluding steroid dienone is 1. The molecule has 0 bridgehead atoms. The van der Waals surface area contributed by atoms with Gasteiger partial charge in [0.05, 0.1) is 13.3 Å². The molecule has 21 heavy (non-hydrogen) atoms. The number of aliphatic imine (C=N–C) groups is 1. The Kier molecular flexibility index (Phi) is 7.44. The number of methoxy groups -OCH3 is 1. The van der Waals surface area contributed by atoms with Crippen molar-refractivity contribution >= 4 is 5.71 Å². The third-order valence-electron chi connectivity index (χ3n) is 3.97. The Bertz CT molecular complexity index is 446. The lowest BCUT2D eigenvalue weighted by Gasteiger charge is -2.22. The fraction of sp³-hybridized carbons (Fsp3) is 0.611. The highest BCUT2D eigenvalue weighted by molar-refractivity contribution is 5.85. The van der Waals surface area contributed by atoms with Gasteiger partial charge in [0.1, 0.15) is 5.76 Å². The van der Waals surface area contributed by atoms with Crippen LogP contribution in [0.3, 0.4) is 0 Å². The fourth-order valence-electron chi connectivity index (χ4n) is 2.56. The van der Waals surface area contributed by atoms with E-state index in [2.05, 4.69) is 44.3 Å². The van der Waals surface area contributed by atoms with Gasteiger partial charge < -0.3 is 4.74 Å². The first kappa shape index (κ1) is 17.7. The zero-order chi connectivity index (χ0) is 15.8. The lowest BCUT2D eigenvalue weighted by Crippen LogP contribution is -2.23. The predicted molar refractivity (Wildman–Crippen MR) is 91.6 cm³/mol. The van der Waals surface area contributed by atoms with E-state index in [1.165, 1.54) is 17.6 Å². The van der Waals surface area contributed by atoms with Crippen LogP contribution in [0.4, 0.5) is 0 Å². The smallest absolute Gasteiger partial charge is 0.140 e. The van der Waals surface area contributed by atoms with Crippen LogP contribution < -0.4 is 0 Å². The quantitative estimate of drug-likeness (QED) is 0.626. The summed E-state index contributed by atoms with van der Waals surface area (Å²) in [4.78, 5) is 6.79. The number of hydrogen-bond acceptors (Lipinski definition) is 3. The monoisotopic (exact) mass is 290 g/mol. The third-order valence-corrected chi connectivity index (χ3v) is 3.97. The summed E-state index contributed by atoms with van der Waals surface area (Å²) in [5.41, 5.74) is 3.90. The van der Waals surface area contributed by atoms with Crippen LogP contribution >= 0.6 is 0 Å². The highest BCUT2D eigenvalue weighted by Crippen LogP contribution is 2.29. The maximum Gasteiger partial charge on any atom is 0.140 e. The molecule has 0 aromatic heterocycles. The van der Waals surface area contributed by atoms with Gasteiger partial charge in [0.15, 0.2) is 0 Å². The van der Waals surface area contributed by atoms with E-state index < -0.39 is 0 Å². The summed E-state index contributed by atoms with van der Waals surface area (Å²) in [7, 11) is 3.87. The van der Waals surface area contributed by atoms with E-state index in [-0.39, 0.29) is 0 Å². The maximum atomic E-state index is 5.61. The molecule has 1 unspecified atom stereocenters. The molecule has 1 rings (SSSR count). The second kappa shape index (κ2) is 8.83. The van der Waals surface area contributed by atoms with Crippen LogP contribution in [0.1, 0.15) is 40.0 Å². The molecule has 0 fully saturated rings. The topological polar surface area (TPSA) is 24.8 Å². The third kappa shape index (κ3) is 5.50. The summed E-state index contributed by atoms with van der Waals surface area (Å²) < 4.78 is 5.61. The zero-order valence-electron chi connectivity index (χ0n) is 14.3. The Morgan fingerprint density at radius 2 is 2.24 bits per heavy atom. The van der Waals surface area contributed by atoms with Crippen molar-refractivity contribution in [2.75, 3.05) is 27.2 Å². The number of likely N-dealkylation sites (N-methyl/N-ethyl adjacent to an activating group) is 1. The maximum absolute atomic E-state index is 5.61. The van der Waals surface area contributed by atoms with Gasteiger partial charge in [-0.2, -0.15) is 0 Å². The molecule has 0 saturated carbocycles. The molecule has 0 radical (unpaired) electrons. The average molecular weight is 290 g/mol. The summed E-state index contributed by atoms with van der Waals surface area (Å²) in [6.07, 6.45) is 6.98. The summed E-state index contributed by atoms with van der Waals surface area (Å²) in [5.74, 6) is 1.57. The Labute approximate surface area is 130 Å². The van der Waals surface area contributed by atoms with Crippen molar-refractivity contribution in [1.82, 2.24) is 4.90 Å². The summed E-state index contributed by atoms with van der Waals surface area (Å²) in [5, 5.41) is 0. The molecule has 118 valence electrons. The molecule has 0 aromatic carbocycles. The first-order valence-corrected chi connectivity index (χ1v) is 7.79. The van der Waals surface area contributed by atoms with Crippen LogP contribution in [-0.4, -0.2) is 37.9 Å². The molecular weight excluding hydrogens is 260 g/mol. The van der Waals surface area contributed by atoms with Gasteiger partial charge in [0.2, 0.25) is 0 Å². The Hall–Kier alpha value is -1.35. The average Bonchev–Trinajstić information content (AvgIpc) is 2.59. The van der Waals surface area contributed by atoms with Crippen molar-refractivity contribution in [3.8, 4) is 0 Å². The minimum atomic E-state index is 0.650. The molecular formula is C18H30N2O. The molecule has 0 spiro atoms. The summed E-state index contributed by atoms with van der Waals surface area (Å²) in [6, 6.07) is 0. The standard InChI is InChI=1S/C18H30N2O/c1-7-9-20(5)13-16-11-15(4)19-12-18(21-6)17(16)10-14(3)8-2/h7,12,14H,1,8-11,13H2,2-6H3. The molecule has 1 aliphatic heterocycles. The van der Waals surface area contributed by atoms with Crippen LogP contribution in [0.5, 0.6) is 0 Å². The summed E-state index contributed by atoms with van der Waals surface area (Å²) >= 11 is 0. The molecule has 0 saturated heterocycles. The van der Waals surface area contributed by atoms with Crippen molar-refractivity contribution in [2.45, 2.75) is 40.0 Å². The van der Waals surface area contributed by atoms with Gasteiger partial charge in [-0.25, -0.2) is 0 Å². The minimum absolute atomic E-state index is 0.650. The lowest BCUT2D eigenvalue weighted by atomic mass is 9.92. The van der Waals surface area contributed by atoms with Gasteiger partial charge in [0.25, 0.3) is 0 Å². The molecule has 3 nitrogen and oxygen atoms in total. The Morgan fingerprint density at radius 1 is 1.52 bits per heavy atom. The highest BCUT2D eigenvalue weighted by Gasteiger charge is 2.19. The number of rotatable bonds is 8. The minimum Gasteiger partial charge on any atom is -0.495 e. The van der Waals surface area contributed by atoms with E-state index in [0.717, 1.165) is 37.4 Å². The van der Waals surface area contributed by atoms with Crippen molar-refractivity contribution in [3.05, 3.63) is 35.8 Å². The lowest BCUT2D eigenvalue weighted by molar-refractivity contribution is 0.292. The van der Waals surface area contributed by atoms with E-state index in [9.17, 15) is 0 Å². The second-order valence-corrected chi connectivity index (χ2v) is 6.02. The van der Waals surface area contributed by atoms with Gasteiger partial charge in [0, 0.05) is 25.2 Å². The van der Waals surface area contributed by atoms with E-state index >= 15 is 0 Å². The normalized spacial score (nSPS) is 17.2. The van der Waals surface area contributed by atoms with Crippen LogP contribution in [0.15, 0.2) is 40.8 Å². The van der Waals surface area contributed by atoms with E-state index in [1.54, 1.807) is 7.11 Å². The summed E-state index contributed by atoms with van der Waals surface area (Å²) in [6.45, 7) is 12.3. The molecule has 3 heteroatoms. The fourth-order valence-corrected chi connectivity index (χ4v) is 2.56. The van der Waals surface area contributed by atoms with Crippen LogP contribution in [0, 0.1) is 5.92 Å². The Morgan fingerprint density at radius 3 is 2.81 bits per heavy atom. The molecule has 0 aromatic rings. The first-order valence-electron chi connectivity index (χ1n) is 7.79. The van der Waals surface area contributed by atoms with Gasteiger partial charge in [-0.05, 0) is 37.5 Å². The van der Waals surface area contributed by atoms with Crippen LogP contribution in [0.25, 0.3) is 0 Å². The molecule has 0 aliphatic carbocycles. The van der Waals surface area contributed by atoms with Gasteiger partial charge >= 0.3 is 0 Å².